The van der Waals surface area contributed by atoms with Crippen molar-refractivity contribution >= 4 is 35.1 Å². The molecule has 4 heterocycles. The van der Waals surface area contributed by atoms with E-state index in [-0.39, 0.29) is 31.4 Å². The highest BCUT2D eigenvalue weighted by Crippen LogP contribution is 2.54. The predicted octanol–water partition coefficient (Wildman–Crippen LogP) is 3.54. The largest absolute Gasteiger partial charge is 0.455 e. The second-order valence-electron chi connectivity index (χ2n) is 13.3. The molecule has 8 atom stereocenters. The van der Waals surface area contributed by atoms with Crippen LogP contribution in [0, 0.1) is 11.8 Å². The van der Waals surface area contributed by atoms with Gasteiger partial charge in [0.05, 0.1) is 30.7 Å². The minimum atomic E-state index is -1.51. The Balaban J connectivity index is 1.41. The van der Waals surface area contributed by atoms with Gasteiger partial charge in [0.15, 0.2) is 0 Å². The number of amides is 3. The van der Waals surface area contributed by atoms with Crippen LogP contribution in [0.25, 0.3) is 0 Å². The van der Waals surface area contributed by atoms with Crippen molar-refractivity contribution in [2.24, 2.45) is 11.8 Å². The van der Waals surface area contributed by atoms with Crippen molar-refractivity contribution in [3.05, 3.63) is 84.5 Å². The molecule has 2 aromatic rings. The standard InChI is InChI=1S/C38H46N4O7/c1-5-40(6-2)27-17-19-28(20-18-27)41-22-12-21-38-32(35(45)42(24(3)23-43)34(38)36(41)46)31-29(49-38)15-10-11-16-30(44)39-25(4)33(48-37(31)47)26-13-8-7-9-14-26/h7-10,12-15,17-21,24-25,29,31-34,43H,5-6,11,16,22-23H2,1-4H3,(H,39,44)/b15-10-/t24-,25-,29-,31+,32+,33+,34-,38+/m1/s1. The molecule has 0 unspecified atom stereocenters. The van der Waals surface area contributed by atoms with Crippen LogP contribution in [0.2, 0.25) is 0 Å². The average Bonchev–Trinajstić information content (AvgIpc) is 3.50. The van der Waals surface area contributed by atoms with Crippen molar-refractivity contribution in [1.29, 1.82) is 0 Å². The van der Waals surface area contributed by atoms with Gasteiger partial charge in [0.1, 0.15) is 23.7 Å². The Morgan fingerprint density at radius 1 is 1.00 bits per heavy atom. The molecule has 260 valence electrons. The number of carbonyl (C=O) groups is 4. The number of cyclic esters (lactones) is 1. The van der Waals surface area contributed by atoms with Crippen LogP contribution in [0.3, 0.4) is 0 Å². The first-order chi connectivity index (χ1) is 23.6. The number of nitrogens with zero attached hydrogens (tertiary/aromatic N) is 3. The van der Waals surface area contributed by atoms with E-state index in [1.165, 1.54) is 4.90 Å². The van der Waals surface area contributed by atoms with E-state index in [0.29, 0.717) is 17.7 Å². The first kappa shape index (κ1) is 34.4. The lowest BCUT2D eigenvalue weighted by Gasteiger charge is -2.37. The lowest BCUT2D eigenvalue weighted by Crippen LogP contribution is -2.57. The van der Waals surface area contributed by atoms with E-state index in [2.05, 4.69) is 24.1 Å². The van der Waals surface area contributed by atoms with Crippen LogP contribution in [0.1, 0.15) is 52.2 Å². The summed E-state index contributed by atoms with van der Waals surface area (Å²) in [6.07, 6.45) is 5.96. The molecule has 11 heteroatoms. The summed E-state index contributed by atoms with van der Waals surface area (Å²) in [5.74, 6) is -3.84. The SMILES string of the molecule is CCN(CC)c1ccc(N2CC=C[C@]34O[C@@H]5/C=C\CCC(=O)N[C@H](C)[C@@H](c6ccccc6)OC(=O)[C@@H]5[C@H]3C(=O)N([C@H](C)CO)[C@@H]4C2=O)cc1. The summed E-state index contributed by atoms with van der Waals surface area (Å²) in [5, 5.41) is 13.3. The van der Waals surface area contributed by atoms with E-state index in [9.17, 15) is 24.3 Å². The van der Waals surface area contributed by atoms with Crippen LogP contribution in [0.5, 0.6) is 0 Å². The number of hydrogen-bond acceptors (Lipinski definition) is 8. The Morgan fingerprint density at radius 3 is 2.39 bits per heavy atom. The van der Waals surface area contributed by atoms with Crippen molar-refractivity contribution < 1.29 is 33.8 Å². The van der Waals surface area contributed by atoms with E-state index < -0.39 is 59.6 Å². The number of benzene rings is 2. The van der Waals surface area contributed by atoms with Crippen LogP contribution in [0.4, 0.5) is 11.4 Å². The number of fused-ring (bicyclic) bond motifs is 2. The zero-order chi connectivity index (χ0) is 34.9. The average molecular weight is 671 g/mol. The van der Waals surface area contributed by atoms with Gasteiger partial charge in [-0.15, -0.1) is 0 Å². The molecule has 0 radical (unpaired) electrons. The topological polar surface area (TPSA) is 129 Å². The van der Waals surface area contributed by atoms with Crippen molar-refractivity contribution in [3.8, 4) is 0 Å². The number of nitrogens with one attached hydrogen (secondary N) is 1. The van der Waals surface area contributed by atoms with Gasteiger partial charge in [0.2, 0.25) is 11.8 Å². The Kier molecular flexibility index (Phi) is 9.94. The molecular formula is C38H46N4O7. The molecule has 4 aliphatic heterocycles. The maximum absolute atomic E-state index is 14.8. The van der Waals surface area contributed by atoms with Crippen LogP contribution < -0.4 is 15.1 Å². The van der Waals surface area contributed by atoms with Crippen LogP contribution in [-0.4, -0.2) is 89.8 Å². The molecule has 1 spiro atoms. The summed E-state index contributed by atoms with van der Waals surface area (Å²) in [7, 11) is 0. The number of aliphatic hydroxyl groups is 1. The number of esters is 1. The summed E-state index contributed by atoms with van der Waals surface area (Å²) in [5.41, 5.74) is 0.887. The van der Waals surface area contributed by atoms with E-state index in [0.717, 1.165) is 18.8 Å². The van der Waals surface area contributed by atoms with E-state index >= 15 is 0 Å². The third kappa shape index (κ3) is 6.14. The summed E-state index contributed by atoms with van der Waals surface area (Å²) < 4.78 is 13.0. The van der Waals surface area contributed by atoms with Gasteiger partial charge in [-0.2, -0.15) is 0 Å². The molecule has 11 nitrogen and oxygen atoms in total. The Labute approximate surface area is 287 Å². The highest BCUT2D eigenvalue weighted by Gasteiger charge is 2.72. The maximum atomic E-state index is 14.8. The van der Waals surface area contributed by atoms with Gasteiger partial charge >= 0.3 is 5.97 Å². The van der Waals surface area contributed by atoms with E-state index in [1.807, 2.05) is 60.7 Å². The van der Waals surface area contributed by atoms with Gasteiger partial charge in [-0.25, -0.2) is 0 Å². The van der Waals surface area contributed by atoms with Gasteiger partial charge in [0, 0.05) is 37.4 Å². The second-order valence-corrected chi connectivity index (χ2v) is 13.3. The fourth-order valence-corrected chi connectivity index (χ4v) is 7.87. The van der Waals surface area contributed by atoms with Gasteiger partial charge in [-0.3, -0.25) is 19.2 Å². The Morgan fingerprint density at radius 2 is 1.71 bits per heavy atom. The molecule has 0 saturated carbocycles. The number of anilines is 2. The summed E-state index contributed by atoms with van der Waals surface area (Å²) >= 11 is 0. The molecule has 0 bridgehead atoms. The first-order valence-corrected chi connectivity index (χ1v) is 17.3. The van der Waals surface area contributed by atoms with Gasteiger partial charge in [-0.1, -0.05) is 54.6 Å². The highest BCUT2D eigenvalue weighted by atomic mass is 16.6. The molecule has 3 amide bonds. The molecule has 2 N–H and O–H groups in total. The number of carbonyl (C=O) groups excluding carboxylic acids is 4. The second kappa shape index (κ2) is 14.2. The van der Waals surface area contributed by atoms with Crippen LogP contribution >= 0.6 is 0 Å². The van der Waals surface area contributed by atoms with E-state index in [4.69, 9.17) is 9.47 Å². The lowest BCUT2D eigenvalue weighted by atomic mass is 9.77. The quantitative estimate of drug-likeness (QED) is 0.338. The number of allylic oxidation sites excluding steroid dienone is 1. The number of aliphatic hydroxyl groups excluding tert-OH is 1. The summed E-state index contributed by atoms with van der Waals surface area (Å²) in [4.78, 5) is 61.8. The molecule has 2 fully saturated rings. The minimum absolute atomic E-state index is 0.180. The molecule has 49 heavy (non-hydrogen) atoms. The van der Waals surface area contributed by atoms with Crippen molar-refractivity contribution in [2.75, 3.05) is 36.0 Å². The number of hydrogen-bond donors (Lipinski definition) is 2. The third-order valence-corrected chi connectivity index (χ3v) is 10.3. The zero-order valence-electron chi connectivity index (χ0n) is 28.5. The lowest BCUT2D eigenvalue weighted by molar-refractivity contribution is -0.161. The molecule has 0 aromatic heterocycles. The molecule has 2 aromatic carbocycles. The summed E-state index contributed by atoms with van der Waals surface area (Å²) in [6, 6.07) is 14.5. The number of likely N-dealkylation sites (tertiary alicyclic amines) is 1. The molecular weight excluding hydrogens is 624 g/mol. The molecule has 0 aliphatic carbocycles. The third-order valence-electron chi connectivity index (χ3n) is 10.3. The number of rotatable bonds is 7. The van der Waals surface area contributed by atoms with Crippen LogP contribution in [0.15, 0.2) is 78.9 Å². The zero-order valence-corrected chi connectivity index (χ0v) is 28.5. The van der Waals surface area contributed by atoms with Gasteiger partial charge in [0.25, 0.3) is 5.91 Å². The van der Waals surface area contributed by atoms with Crippen molar-refractivity contribution in [3.63, 3.8) is 0 Å². The molecule has 6 rings (SSSR count). The fourth-order valence-electron chi connectivity index (χ4n) is 7.87. The van der Waals surface area contributed by atoms with Gasteiger partial charge in [-0.05, 0) is 63.9 Å². The smallest absolute Gasteiger partial charge is 0.313 e. The minimum Gasteiger partial charge on any atom is -0.455 e. The normalized spacial score (nSPS) is 31.4. The molecule has 4 aliphatic rings. The highest BCUT2D eigenvalue weighted by molar-refractivity contribution is 6.05. The number of ether oxygens (including phenoxy) is 2. The Bertz CT molecular complexity index is 1610. The Hall–Kier alpha value is -4.48. The maximum Gasteiger partial charge on any atom is 0.313 e. The van der Waals surface area contributed by atoms with Crippen molar-refractivity contribution in [1.82, 2.24) is 10.2 Å². The molecule has 2 saturated heterocycles. The first-order valence-electron chi connectivity index (χ1n) is 17.3. The van der Waals surface area contributed by atoms with Crippen molar-refractivity contribution in [2.45, 2.75) is 76.5 Å². The van der Waals surface area contributed by atoms with E-state index in [1.54, 1.807) is 37.0 Å². The van der Waals surface area contributed by atoms with Crippen LogP contribution in [-0.2, 0) is 28.7 Å². The fraction of sp³-hybridized carbons (Fsp3) is 0.474. The monoisotopic (exact) mass is 670 g/mol. The summed E-state index contributed by atoms with van der Waals surface area (Å²) in [6.45, 7) is 9.18. The predicted molar refractivity (Wildman–Crippen MR) is 185 cm³/mol. The van der Waals surface area contributed by atoms with Gasteiger partial charge < -0.3 is 34.6 Å².